The third kappa shape index (κ3) is 4.16. The minimum atomic E-state index is -0.604. The molecule has 0 spiro atoms. The molecule has 8 heteroatoms. The number of hydrogen-bond acceptors (Lipinski definition) is 4. The van der Waals surface area contributed by atoms with Crippen molar-refractivity contribution in [1.29, 1.82) is 0 Å². The van der Waals surface area contributed by atoms with Gasteiger partial charge in [0.2, 0.25) is 5.91 Å². The molecule has 0 aliphatic rings. The third-order valence-electron chi connectivity index (χ3n) is 2.87. The first-order valence-corrected chi connectivity index (χ1v) is 6.73. The van der Waals surface area contributed by atoms with E-state index in [2.05, 4.69) is 20.5 Å². The second-order valence-electron chi connectivity index (χ2n) is 4.53. The molecule has 0 aliphatic carbocycles. The summed E-state index contributed by atoms with van der Waals surface area (Å²) in [6.07, 6.45) is 1.27. The molecule has 0 bridgehead atoms. The molecule has 1 aromatic heterocycles. The van der Waals surface area contributed by atoms with Crippen molar-refractivity contribution in [3.63, 3.8) is 0 Å². The lowest BCUT2D eigenvalue weighted by Gasteiger charge is -2.02. The van der Waals surface area contributed by atoms with Gasteiger partial charge in [-0.1, -0.05) is 23.7 Å². The average molecular weight is 321 g/mol. The van der Waals surface area contributed by atoms with Gasteiger partial charge in [0, 0.05) is 16.3 Å². The van der Waals surface area contributed by atoms with E-state index in [1.807, 2.05) is 0 Å². The first kappa shape index (κ1) is 15.7. The Hall–Kier alpha value is -2.67. The number of amides is 1. The third-order valence-corrected chi connectivity index (χ3v) is 3.12. The molecular formula is C14H13ClN4O3. The fourth-order valence-corrected chi connectivity index (χ4v) is 1.89. The number of H-pyrrole nitrogens is 2. The minimum absolute atomic E-state index is 0.185. The van der Waals surface area contributed by atoms with E-state index in [9.17, 15) is 14.4 Å². The maximum atomic E-state index is 11.8. The van der Waals surface area contributed by atoms with Gasteiger partial charge in [-0.3, -0.25) is 14.6 Å². The predicted octanol–water partition coefficient (Wildman–Crippen LogP) is 0.718. The largest absolute Gasteiger partial charge is 0.325 e. The first-order valence-electron chi connectivity index (χ1n) is 6.35. The number of nitrogens with zero attached hydrogens (tertiary/aromatic N) is 1. The Labute approximate surface area is 130 Å². The van der Waals surface area contributed by atoms with Gasteiger partial charge < -0.3 is 4.98 Å². The monoisotopic (exact) mass is 320 g/mol. The van der Waals surface area contributed by atoms with Gasteiger partial charge in [0.05, 0.1) is 12.6 Å². The molecule has 1 aromatic carbocycles. The number of benzene rings is 1. The van der Waals surface area contributed by atoms with E-state index in [4.69, 9.17) is 11.6 Å². The van der Waals surface area contributed by atoms with Gasteiger partial charge in [0.1, 0.15) is 0 Å². The Morgan fingerprint density at radius 1 is 1.27 bits per heavy atom. The van der Waals surface area contributed by atoms with Crippen molar-refractivity contribution < 1.29 is 4.79 Å². The summed E-state index contributed by atoms with van der Waals surface area (Å²) in [5, 5.41) is 4.40. The molecule has 0 aliphatic heterocycles. The number of halogens is 1. The number of rotatable bonds is 4. The number of carbonyl (C=O) groups is 1. The molecule has 0 atom stereocenters. The Kier molecular flexibility index (Phi) is 4.90. The lowest BCUT2D eigenvalue weighted by molar-refractivity contribution is -0.120. The molecule has 1 amide bonds. The fraction of sp³-hybridized carbons (Fsp3) is 0.143. The van der Waals surface area contributed by atoms with Crippen LogP contribution in [0.1, 0.15) is 16.8 Å². The van der Waals surface area contributed by atoms with Crippen molar-refractivity contribution in [2.75, 3.05) is 0 Å². The van der Waals surface area contributed by atoms with Crippen LogP contribution in [0.2, 0.25) is 5.02 Å². The van der Waals surface area contributed by atoms with Crippen LogP contribution in [0, 0.1) is 6.92 Å². The van der Waals surface area contributed by atoms with Crippen LogP contribution in [-0.4, -0.2) is 22.1 Å². The maximum absolute atomic E-state index is 11.8. The number of aromatic nitrogens is 2. The summed E-state index contributed by atoms with van der Waals surface area (Å²) in [6, 6.07) is 6.89. The van der Waals surface area contributed by atoms with Gasteiger partial charge in [0.25, 0.3) is 5.56 Å². The smallest absolute Gasteiger partial charge is 0.311 e. The van der Waals surface area contributed by atoms with E-state index >= 15 is 0 Å². The molecule has 114 valence electrons. The highest BCUT2D eigenvalue weighted by molar-refractivity contribution is 6.30. The number of nitrogens with one attached hydrogen (secondary N) is 3. The van der Waals surface area contributed by atoms with Crippen LogP contribution in [-0.2, 0) is 11.2 Å². The van der Waals surface area contributed by atoms with E-state index in [1.165, 1.54) is 6.21 Å². The molecule has 0 saturated carbocycles. The van der Waals surface area contributed by atoms with Crippen LogP contribution in [0.4, 0.5) is 0 Å². The van der Waals surface area contributed by atoms with E-state index in [1.54, 1.807) is 31.2 Å². The summed E-state index contributed by atoms with van der Waals surface area (Å²) in [5.74, 6) is -0.467. The van der Waals surface area contributed by atoms with Crippen LogP contribution in [0.5, 0.6) is 0 Å². The Bertz CT molecular complexity index is 821. The summed E-state index contributed by atoms with van der Waals surface area (Å²) in [6.45, 7) is 1.55. The normalized spacial score (nSPS) is 10.8. The summed E-state index contributed by atoms with van der Waals surface area (Å²) in [4.78, 5) is 38.9. The number of aromatic amines is 2. The van der Waals surface area contributed by atoms with Crippen LogP contribution < -0.4 is 16.7 Å². The maximum Gasteiger partial charge on any atom is 0.325 e. The molecule has 1 heterocycles. The van der Waals surface area contributed by atoms with Crippen molar-refractivity contribution in [2.24, 2.45) is 5.10 Å². The molecule has 2 aromatic rings. The quantitative estimate of drug-likeness (QED) is 0.570. The predicted molar refractivity (Wildman–Crippen MR) is 83.3 cm³/mol. The number of hydrazone groups is 1. The Balaban J connectivity index is 2.00. The van der Waals surface area contributed by atoms with E-state index in [-0.39, 0.29) is 12.0 Å². The Morgan fingerprint density at radius 2 is 1.95 bits per heavy atom. The minimum Gasteiger partial charge on any atom is -0.311 e. The van der Waals surface area contributed by atoms with Crippen LogP contribution in [0.15, 0.2) is 39.0 Å². The summed E-state index contributed by atoms with van der Waals surface area (Å²) in [5.41, 5.74) is 2.44. The van der Waals surface area contributed by atoms with E-state index < -0.39 is 17.2 Å². The van der Waals surface area contributed by atoms with Crippen LogP contribution in [0.3, 0.4) is 0 Å². The van der Waals surface area contributed by atoms with Crippen LogP contribution >= 0.6 is 11.6 Å². The first-order chi connectivity index (χ1) is 10.5. The fourth-order valence-electron chi connectivity index (χ4n) is 1.77. The SMILES string of the molecule is Cc1[nH]c(=O)[nH]c(=O)c1CC(=O)N/N=C\c1ccc(Cl)cc1. The summed E-state index contributed by atoms with van der Waals surface area (Å²) >= 11 is 5.76. The molecule has 0 fully saturated rings. The Morgan fingerprint density at radius 3 is 2.59 bits per heavy atom. The van der Waals surface area contributed by atoms with Gasteiger partial charge in [-0.2, -0.15) is 5.10 Å². The van der Waals surface area contributed by atoms with Gasteiger partial charge in [-0.05, 0) is 24.6 Å². The topological polar surface area (TPSA) is 107 Å². The number of carbonyl (C=O) groups excluding carboxylic acids is 1. The van der Waals surface area contributed by atoms with Crippen molar-refractivity contribution >= 4 is 23.7 Å². The summed E-state index contributed by atoms with van der Waals surface area (Å²) < 4.78 is 0. The standard InChI is InChI=1S/C14H13ClN4O3/c1-8-11(13(21)18-14(22)17-8)6-12(20)19-16-7-9-2-4-10(15)5-3-9/h2-5,7H,6H2,1H3,(H,19,20)(H2,17,18,21,22)/b16-7-. The zero-order chi connectivity index (χ0) is 16.1. The summed E-state index contributed by atoms with van der Waals surface area (Å²) in [7, 11) is 0. The van der Waals surface area contributed by atoms with Crippen molar-refractivity contribution in [3.8, 4) is 0 Å². The zero-order valence-corrected chi connectivity index (χ0v) is 12.4. The highest BCUT2D eigenvalue weighted by Crippen LogP contribution is 2.07. The highest BCUT2D eigenvalue weighted by atomic mass is 35.5. The van der Waals surface area contributed by atoms with Crippen molar-refractivity contribution in [2.45, 2.75) is 13.3 Å². The lowest BCUT2D eigenvalue weighted by atomic mass is 10.1. The molecular weight excluding hydrogens is 308 g/mol. The molecule has 0 unspecified atom stereocenters. The highest BCUT2D eigenvalue weighted by Gasteiger charge is 2.10. The van der Waals surface area contributed by atoms with Gasteiger partial charge >= 0.3 is 5.69 Å². The second-order valence-corrected chi connectivity index (χ2v) is 4.97. The number of hydrogen-bond donors (Lipinski definition) is 3. The average Bonchev–Trinajstić information content (AvgIpc) is 2.45. The molecule has 0 saturated heterocycles. The molecule has 22 heavy (non-hydrogen) atoms. The van der Waals surface area contributed by atoms with E-state index in [0.717, 1.165) is 5.56 Å². The van der Waals surface area contributed by atoms with Crippen molar-refractivity contribution in [1.82, 2.24) is 15.4 Å². The second kappa shape index (κ2) is 6.86. The van der Waals surface area contributed by atoms with Crippen LogP contribution in [0.25, 0.3) is 0 Å². The molecule has 2 rings (SSSR count). The number of aryl methyl sites for hydroxylation is 1. The zero-order valence-electron chi connectivity index (χ0n) is 11.6. The molecule has 7 nitrogen and oxygen atoms in total. The van der Waals surface area contributed by atoms with E-state index in [0.29, 0.717) is 10.7 Å². The van der Waals surface area contributed by atoms with Gasteiger partial charge in [-0.15, -0.1) is 0 Å². The molecule has 3 N–H and O–H groups in total. The van der Waals surface area contributed by atoms with Gasteiger partial charge in [0.15, 0.2) is 0 Å². The van der Waals surface area contributed by atoms with Gasteiger partial charge in [-0.25, -0.2) is 10.2 Å². The molecule has 0 radical (unpaired) electrons. The van der Waals surface area contributed by atoms with Crippen molar-refractivity contribution in [3.05, 3.63) is 66.9 Å². The lowest BCUT2D eigenvalue weighted by Crippen LogP contribution is -2.30.